The molecule has 1 N–H and O–H groups in total. The number of aryl methyl sites for hydroxylation is 1. The van der Waals surface area contributed by atoms with Crippen LogP contribution in [0.15, 0.2) is 15.7 Å². The maximum Gasteiger partial charge on any atom is 0.328 e. The Hall–Kier alpha value is -1.32. The molecule has 0 amide bonds. The molecule has 0 bridgehead atoms. The van der Waals surface area contributed by atoms with Gasteiger partial charge in [0, 0.05) is 18.3 Å². The predicted molar refractivity (Wildman–Crippen MR) is 55.6 cm³/mol. The van der Waals surface area contributed by atoms with Crippen molar-refractivity contribution in [3.63, 3.8) is 0 Å². The number of aromatic amines is 1. The smallest absolute Gasteiger partial charge is 0.311 e. The number of hydrogen-bond acceptors (Lipinski definition) is 2. The normalized spacial score (nSPS) is 10.4. The molecule has 0 aliphatic rings. The van der Waals surface area contributed by atoms with Gasteiger partial charge in [-0.25, -0.2) is 4.79 Å². The van der Waals surface area contributed by atoms with Crippen LogP contribution in [0.25, 0.3) is 0 Å². The summed E-state index contributed by atoms with van der Waals surface area (Å²) in [6.45, 7) is 4.27. The molecule has 0 fully saturated rings. The summed E-state index contributed by atoms with van der Waals surface area (Å²) in [6.07, 6.45) is 2.82. The van der Waals surface area contributed by atoms with E-state index in [1.54, 1.807) is 6.92 Å². The largest absolute Gasteiger partial charge is 0.328 e. The Morgan fingerprint density at radius 2 is 2.07 bits per heavy atom. The van der Waals surface area contributed by atoms with Gasteiger partial charge in [0.2, 0.25) is 0 Å². The van der Waals surface area contributed by atoms with Crippen molar-refractivity contribution in [1.82, 2.24) is 9.55 Å². The summed E-state index contributed by atoms with van der Waals surface area (Å²) in [5.74, 6) is 0. The summed E-state index contributed by atoms with van der Waals surface area (Å²) in [6, 6.07) is 1.51. The molecule has 4 heteroatoms. The molecular weight excluding hydrogens is 180 g/mol. The molecule has 1 aromatic heterocycles. The molecule has 0 saturated heterocycles. The Morgan fingerprint density at radius 1 is 1.36 bits per heavy atom. The molecule has 1 aromatic rings. The number of nitrogens with one attached hydrogen (secondary N) is 1. The van der Waals surface area contributed by atoms with E-state index in [0.717, 1.165) is 25.0 Å². The van der Waals surface area contributed by atoms with Crippen LogP contribution in [0.3, 0.4) is 0 Å². The predicted octanol–water partition coefficient (Wildman–Crippen LogP) is 0.899. The standard InChI is InChI=1S/C10H16N2O2/c1-3-5-6-8-7-9(13)12(4-2)10(14)11-8/h7H,3-6H2,1-2H3,(H,11,14). The van der Waals surface area contributed by atoms with Crippen LogP contribution in [0.4, 0.5) is 0 Å². The lowest BCUT2D eigenvalue weighted by Gasteiger charge is -2.02. The van der Waals surface area contributed by atoms with E-state index in [9.17, 15) is 9.59 Å². The zero-order chi connectivity index (χ0) is 10.6. The van der Waals surface area contributed by atoms with Gasteiger partial charge in [0.25, 0.3) is 5.56 Å². The second kappa shape index (κ2) is 4.79. The summed E-state index contributed by atoms with van der Waals surface area (Å²) < 4.78 is 1.19. The van der Waals surface area contributed by atoms with E-state index < -0.39 is 0 Å². The molecule has 0 spiro atoms. The first-order valence-corrected chi connectivity index (χ1v) is 5.02. The third-order valence-electron chi connectivity index (χ3n) is 2.19. The van der Waals surface area contributed by atoms with Crippen LogP contribution >= 0.6 is 0 Å². The third-order valence-corrected chi connectivity index (χ3v) is 2.19. The lowest BCUT2D eigenvalue weighted by Crippen LogP contribution is -2.34. The quantitative estimate of drug-likeness (QED) is 0.777. The number of hydrogen-bond donors (Lipinski definition) is 1. The van der Waals surface area contributed by atoms with Crippen molar-refractivity contribution in [3.8, 4) is 0 Å². The molecule has 0 atom stereocenters. The van der Waals surface area contributed by atoms with Gasteiger partial charge in [-0.3, -0.25) is 9.36 Å². The average Bonchev–Trinajstić information content (AvgIpc) is 2.14. The summed E-state index contributed by atoms with van der Waals surface area (Å²) >= 11 is 0. The molecule has 0 unspecified atom stereocenters. The van der Waals surface area contributed by atoms with Crippen molar-refractivity contribution in [2.45, 2.75) is 39.7 Å². The topological polar surface area (TPSA) is 54.9 Å². The van der Waals surface area contributed by atoms with Crippen molar-refractivity contribution in [1.29, 1.82) is 0 Å². The molecule has 0 aliphatic carbocycles. The van der Waals surface area contributed by atoms with Gasteiger partial charge in [-0.05, 0) is 19.8 Å². The van der Waals surface area contributed by atoms with Crippen molar-refractivity contribution in [2.24, 2.45) is 0 Å². The van der Waals surface area contributed by atoms with Crippen molar-refractivity contribution >= 4 is 0 Å². The van der Waals surface area contributed by atoms with Crippen LogP contribution in [0.5, 0.6) is 0 Å². The SMILES string of the molecule is CCCCc1cc(=O)n(CC)c(=O)[nH]1. The maximum absolute atomic E-state index is 11.4. The first kappa shape index (κ1) is 10.8. The lowest BCUT2D eigenvalue weighted by atomic mass is 10.2. The van der Waals surface area contributed by atoms with E-state index in [4.69, 9.17) is 0 Å². The zero-order valence-corrected chi connectivity index (χ0v) is 8.67. The van der Waals surface area contributed by atoms with E-state index in [1.807, 2.05) is 0 Å². The molecule has 0 aliphatic heterocycles. The molecule has 0 saturated carbocycles. The molecule has 14 heavy (non-hydrogen) atoms. The van der Waals surface area contributed by atoms with Crippen LogP contribution in [0.1, 0.15) is 32.4 Å². The van der Waals surface area contributed by atoms with Crippen LogP contribution in [0.2, 0.25) is 0 Å². The molecule has 1 rings (SSSR count). The molecule has 0 aromatic carbocycles. The second-order valence-electron chi connectivity index (χ2n) is 3.29. The zero-order valence-electron chi connectivity index (χ0n) is 8.67. The number of unbranched alkanes of at least 4 members (excludes halogenated alkanes) is 1. The lowest BCUT2D eigenvalue weighted by molar-refractivity contribution is 0.654. The average molecular weight is 196 g/mol. The highest BCUT2D eigenvalue weighted by Gasteiger charge is 2.01. The van der Waals surface area contributed by atoms with E-state index >= 15 is 0 Å². The Kier molecular flexibility index (Phi) is 3.68. The fourth-order valence-corrected chi connectivity index (χ4v) is 1.37. The van der Waals surface area contributed by atoms with Gasteiger partial charge in [0.05, 0.1) is 0 Å². The van der Waals surface area contributed by atoms with Crippen molar-refractivity contribution in [2.75, 3.05) is 0 Å². The monoisotopic (exact) mass is 196 g/mol. The van der Waals surface area contributed by atoms with Gasteiger partial charge < -0.3 is 4.98 Å². The fourth-order valence-electron chi connectivity index (χ4n) is 1.37. The summed E-state index contributed by atoms with van der Waals surface area (Å²) in [7, 11) is 0. The van der Waals surface area contributed by atoms with Crippen LogP contribution < -0.4 is 11.2 Å². The van der Waals surface area contributed by atoms with E-state index in [2.05, 4.69) is 11.9 Å². The highest BCUT2D eigenvalue weighted by Crippen LogP contribution is 1.96. The van der Waals surface area contributed by atoms with Crippen molar-refractivity contribution < 1.29 is 0 Å². The second-order valence-corrected chi connectivity index (χ2v) is 3.29. The fraction of sp³-hybridized carbons (Fsp3) is 0.600. The first-order chi connectivity index (χ1) is 6.69. The van der Waals surface area contributed by atoms with E-state index in [1.165, 1.54) is 10.6 Å². The minimum Gasteiger partial charge on any atom is -0.311 e. The third kappa shape index (κ3) is 2.34. The Morgan fingerprint density at radius 3 is 2.57 bits per heavy atom. The van der Waals surface area contributed by atoms with Gasteiger partial charge >= 0.3 is 5.69 Å². The minimum absolute atomic E-state index is 0.206. The highest BCUT2D eigenvalue weighted by atomic mass is 16.2. The molecule has 78 valence electrons. The number of rotatable bonds is 4. The van der Waals surface area contributed by atoms with Crippen LogP contribution in [-0.2, 0) is 13.0 Å². The van der Waals surface area contributed by atoms with Gasteiger partial charge in [0.15, 0.2) is 0 Å². The number of H-pyrrole nitrogens is 1. The van der Waals surface area contributed by atoms with E-state index in [-0.39, 0.29) is 11.2 Å². The van der Waals surface area contributed by atoms with Crippen LogP contribution in [0, 0.1) is 0 Å². The minimum atomic E-state index is -0.300. The first-order valence-electron chi connectivity index (χ1n) is 5.02. The maximum atomic E-state index is 11.4. The van der Waals surface area contributed by atoms with Gasteiger partial charge in [-0.15, -0.1) is 0 Å². The van der Waals surface area contributed by atoms with Gasteiger partial charge in [0.1, 0.15) is 0 Å². The summed E-state index contributed by atoms with van der Waals surface area (Å²) in [4.78, 5) is 25.5. The number of aromatic nitrogens is 2. The van der Waals surface area contributed by atoms with E-state index in [0.29, 0.717) is 6.54 Å². The summed E-state index contributed by atoms with van der Waals surface area (Å²) in [5, 5.41) is 0. The molecular formula is C10H16N2O2. The summed E-state index contributed by atoms with van der Waals surface area (Å²) in [5.41, 5.74) is 0.236. The van der Waals surface area contributed by atoms with Gasteiger partial charge in [-0.1, -0.05) is 13.3 Å². The van der Waals surface area contributed by atoms with Gasteiger partial charge in [-0.2, -0.15) is 0 Å². The number of nitrogens with zero attached hydrogens (tertiary/aromatic N) is 1. The Balaban J connectivity index is 3.02. The highest BCUT2D eigenvalue weighted by molar-refractivity contribution is 4.99. The molecule has 4 nitrogen and oxygen atoms in total. The Bertz CT molecular complexity index is 372. The molecule has 1 heterocycles. The van der Waals surface area contributed by atoms with Crippen molar-refractivity contribution in [3.05, 3.63) is 32.6 Å². The Labute approximate surface area is 82.6 Å². The molecule has 0 radical (unpaired) electrons. The van der Waals surface area contributed by atoms with Crippen LogP contribution in [-0.4, -0.2) is 9.55 Å².